The van der Waals surface area contributed by atoms with Crippen molar-refractivity contribution in [3.05, 3.63) is 12.7 Å². The lowest BCUT2D eigenvalue weighted by molar-refractivity contribution is -0.144. The van der Waals surface area contributed by atoms with Crippen molar-refractivity contribution in [3.63, 3.8) is 0 Å². The van der Waals surface area contributed by atoms with Gasteiger partial charge in [0.15, 0.2) is 0 Å². The summed E-state index contributed by atoms with van der Waals surface area (Å²) in [6, 6.07) is -0.528. The van der Waals surface area contributed by atoms with Gasteiger partial charge in [-0.2, -0.15) is 0 Å². The van der Waals surface area contributed by atoms with Crippen LogP contribution < -0.4 is 5.73 Å². The van der Waals surface area contributed by atoms with Crippen LogP contribution in [0.2, 0.25) is 0 Å². The zero-order valence-corrected chi connectivity index (χ0v) is 8.67. The minimum atomic E-state index is -0.528. The van der Waals surface area contributed by atoms with Crippen LogP contribution >= 0.6 is 0 Å². The quantitative estimate of drug-likeness (QED) is 0.533. The Kier molecular flexibility index (Phi) is 4.70. The fraction of sp³-hybridized carbons (Fsp3) is 0.700. The van der Waals surface area contributed by atoms with Crippen molar-refractivity contribution in [1.82, 2.24) is 0 Å². The average molecular weight is 185 g/mol. The molecular weight excluding hydrogens is 166 g/mol. The largest absolute Gasteiger partial charge is 0.460 e. The first kappa shape index (κ1) is 12.2. The molecule has 0 amide bonds. The number of rotatable bonds is 4. The van der Waals surface area contributed by atoms with Gasteiger partial charge < -0.3 is 10.5 Å². The SMILES string of the molecule is C=CCOC(=O)[C@@H](N)CC(C)(C)C. The van der Waals surface area contributed by atoms with Crippen molar-refractivity contribution >= 4 is 5.97 Å². The smallest absolute Gasteiger partial charge is 0.323 e. The van der Waals surface area contributed by atoms with Gasteiger partial charge in [0, 0.05) is 0 Å². The highest BCUT2D eigenvalue weighted by atomic mass is 16.5. The number of esters is 1. The summed E-state index contributed by atoms with van der Waals surface area (Å²) in [7, 11) is 0. The van der Waals surface area contributed by atoms with E-state index in [0.29, 0.717) is 6.42 Å². The van der Waals surface area contributed by atoms with Crippen molar-refractivity contribution in [2.75, 3.05) is 6.61 Å². The Morgan fingerprint density at radius 1 is 1.62 bits per heavy atom. The molecule has 0 aromatic rings. The molecule has 1 atom stereocenters. The number of carbonyl (C=O) groups excluding carboxylic acids is 1. The number of hydrogen-bond donors (Lipinski definition) is 1. The number of ether oxygens (including phenoxy) is 1. The van der Waals surface area contributed by atoms with Crippen molar-refractivity contribution in [2.45, 2.75) is 33.2 Å². The maximum Gasteiger partial charge on any atom is 0.323 e. The molecule has 0 aromatic heterocycles. The van der Waals surface area contributed by atoms with E-state index >= 15 is 0 Å². The van der Waals surface area contributed by atoms with Gasteiger partial charge >= 0.3 is 5.97 Å². The van der Waals surface area contributed by atoms with Crippen LogP contribution in [0.15, 0.2) is 12.7 Å². The second kappa shape index (κ2) is 5.02. The van der Waals surface area contributed by atoms with Crippen LogP contribution in [0.25, 0.3) is 0 Å². The molecule has 3 nitrogen and oxygen atoms in total. The summed E-state index contributed by atoms with van der Waals surface area (Å²) in [5.74, 6) is -0.352. The Hall–Kier alpha value is -0.830. The van der Waals surface area contributed by atoms with Crippen LogP contribution in [0, 0.1) is 5.41 Å². The molecule has 0 spiro atoms. The minimum Gasteiger partial charge on any atom is -0.460 e. The third-order valence-corrected chi connectivity index (χ3v) is 1.48. The van der Waals surface area contributed by atoms with E-state index in [4.69, 9.17) is 10.5 Å². The first-order valence-electron chi connectivity index (χ1n) is 4.40. The molecule has 2 N–H and O–H groups in total. The molecule has 0 heterocycles. The molecule has 0 bridgehead atoms. The molecule has 0 saturated heterocycles. The standard InChI is InChI=1S/C10H19NO2/c1-5-6-13-9(12)8(11)7-10(2,3)4/h5,8H,1,6-7,11H2,2-4H3/t8-/m0/s1. The topological polar surface area (TPSA) is 52.3 Å². The molecule has 13 heavy (non-hydrogen) atoms. The molecule has 76 valence electrons. The first-order valence-corrected chi connectivity index (χ1v) is 4.40. The van der Waals surface area contributed by atoms with Crippen LogP contribution in [0.3, 0.4) is 0 Å². The van der Waals surface area contributed by atoms with E-state index < -0.39 is 6.04 Å². The summed E-state index contributed by atoms with van der Waals surface area (Å²) in [6.45, 7) is 9.79. The third kappa shape index (κ3) is 6.34. The second-order valence-electron chi connectivity index (χ2n) is 4.29. The van der Waals surface area contributed by atoms with E-state index in [-0.39, 0.29) is 18.0 Å². The molecule has 3 heteroatoms. The molecule has 0 aliphatic heterocycles. The highest BCUT2D eigenvalue weighted by Crippen LogP contribution is 2.20. The summed E-state index contributed by atoms with van der Waals surface area (Å²) in [5, 5.41) is 0. The molecule has 0 aliphatic carbocycles. The lowest BCUT2D eigenvalue weighted by atomic mass is 9.88. The number of nitrogens with two attached hydrogens (primary N) is 1. The Morgan fingerprint density at radius 3 is 2.54 bits per heavy atom. The van der Waals surface area contributed by atoms with E-state index in [2.05, 4.69) is 6.58 Å². The molecule has 0 saturated carbocycles. The second-order valence-corrected chi connectivity index (χ2v) is 4.29. The maximum absolute atomic E-state index is 11.2. The van der Waals surface area contributed by atoms with Gasteiger partial charge in [-0.25, -0.2) is 0 Å². The van der Waals surface area contributed by atoms with Gasteiger partial charge in [0.2, 0.25) is 0 Å². The molecule has 0 unspecified atom stereocenters. The zero-order chi connectivity index (χ0) is 10.5. The third-order valence-electron chi connectivity index (χ3n) is 1.48. The van der Waals surface area contributed by atoms with Gasteiger partial charge in [-0.3, -0.25) is 4.79 Å². The van der Waals surface area contributed by atoms with Gasteiger partial charge in [0.25, 0.3) is 0 Å². The van der Waals surface area contributed by atoms with Crippen LogP contribution in [0.5, 0.6) is 0 Å². The summed E-state index contributed by atoms with van der Waals surface area (Å²) in [4.78, 5) is 11.2. The van der Waals surface area contributed by atoms with Gasteiger partial charge in [-0.1, -0.05) is 33.4 Å². The normalized spacial score (nSPS) is 13.5. The van der Waals surface area contributed by atoms with Gasteiger partial charge in [-0.15, -0.1) is 0 Å². The van der Waals surface area contributed by atoms with E-state index in [1.54, 1.807) is 0 Å². The van der Waals surface area contributed by atoms with Crippen LogP contribution in [-0.4, -0.2) is 18.6 Å². The lowest BCUT2D eigenvalue weighted by Gasteiger charge is -2.21. The highest BCUT2D eigenvalue weighted by molar-refractivity contribution is 5.75. The molecular formula is C10H19NO2. The van der Waals surface area contributed by atoms with Crippen LogP contribution in [0.4, 0.5) is 0 Å². The van der Waals surface area contributed by atoms with Crippen molar-refractivity contribution in [2.24, 2.45) is 11.1 Å². The fourth-order valence-corrected chi connectivity index (χ4v) is 0.991. The molecule has 0 aromatic carbocycles. The van der Waals surface area contributed by atoms with Gasteiger partial charge in [-0.05, 0) is 11.8 Å². The van der Waals surface area contributed by atoms with Crippen molar-refractivity contribution in [3.8, 4) is 0 Å². The lowest BCUT2D eigenvalue weighted by Crippen LogP contribution is -2.35. The predicted molar refractivity (Wildman–Crippen MR) is 53.2 cm³/mol. The fourth-order valence-electron chi connectivity index (χ4n) is 0.991. The molecule has 0 aliphatic rings. The van der Waals surface area contributed by atoms with Crippen LogP contribution in [-0.2, 0) is 9.53 Å². The van der Waals surface area contributed by atoms with E-state index in [9.17, 15) is 4.79 Å². The predicted octanol–water partition coefficient (Wildman–Crippen LogP) is 1.48. The molecule has 0 rings (SSSR count). The Labute approximate surface area is 79.9 Å². The van der Waals surface area contributed by atoms with Crippen molar-refractivity contribution < 1.29 is 9.53 Å². The number of hydrogen-bond acceptors (Lipinski definition) is 3. The molecule has 0 fully saturated rings. The highest BCUT2D eigenvalue weighted by Gasteiger charge is 2.21. The maximum atomic E-state index is 11.2. The van der Waals surface area contributed by atoms with E-state index in [0.717, 1.165) is 0 Å². The Bertz CT molecular complexity index is 182. The summed E-state index contributed by atoms with van der Waals surface area (Å²) in [6.07, 6.45) is 2.16. The van der Waals surface area contributed by atoms with Crippen LogP contribution in [0.1, 0.15) is 27.2 Å². The Morgan fingerprint density at radius 2 is 2.15 bits per heavy atom. The minimum absolute atomic E-state index is 0.0482. The Balaban J connectivity index is 3.89. The summed E-state index contributed by atoms with van der Waals surface area (Å²) >= 11 is 0. The van der Waals surface area contributed by atoms with Gasteiger partial charge in [0.05, 0.1) is 0 Å². The zero-order valence-electron chi connectivity index (χ0n) is 8.67. The molecule has 0 radical (unpaired) electrons. The average Bonchev–Trinajstić information content (AvgIpc) is 1.96. The number of carbonyl (C=O) groups is 1. The van der Waals surface area contributed by atoms with Gasteiger partial charge in [0.1, 0.15) is 12.6 Å². The summed E-state index contributed by atoms with van der Waals surface area (Å²) < 4.78 is 4.82. The van der Waals surface area contributed by atoms with Crippen molar-refractivity contribution in [1.29, 1.82) is 0 Å². The first-order chi connectivity index (χ1) is 5.87. The van der Waals surface area contributed by atoms with E-state index in [1.807, 2.05) is 20.8 Å². The summed E-state index contributed by atoms with van der Waals surface area (Å²) in [5.41, 5.74) is 5.68. The monoisotopic (exact) mass is 185 g/mol. The van der Waals surface area contributed by atoms with E-state index in [1.165, 1.54) is 6.08 Å².